The molecule has 0 saturated carbocycles. The van der Waals surface area contributed by atoms with Crippen molar-refractivity contribution in [2.45, 2.75) is 31.9 Å². The van der Waals surface area contributed by atoms with E-state index in [4.69, 9.17) is 0 Å². The third kappa shape index (κ3) is 2.87. The first-order chi connectivity index (χ1) is 10.1. The maximum atomic E-state index is 12.2. The summed E-state index contributed by atoms with van der Waals surface area (Å²) < 4.78 is 1.70. The maximum absolute atomic E-state index is 12.2. The Labute approximate surface area is 124 Å². The number of carbonyl (C=O) groups excluding carboxylic acids is 1. The highest BCUT2D eigenvalue weighted by Crippen LogP contribution is 2.38. The number of piperidine rings is 2. The van der Waals surface area contributed by atoms with Gasteiger partial charge in [0.2, 0.25) is 5.91 Å². The van der Waals surface area contributed by atoms with E-state index in [0.29, 0.717) is 13.0 Å². The van der Waals surface area contributed by atoms with Gasteiger partial charge in [-0.2, -0.15) is 5.10 Å². The Morgan fingerprint density at radius 2 is 2.29 bits per heavy atom. The van der Waals surface area contributed by atoms with E-state index >= 15 is 0 Å². The number of hydrogen-bond acceptors (Lipinski definition) is 4. The van der Waals surface area contributed by atoms with E-state index in [1.54, 1.807) is 10.9 Å². The monoisotopic (exact) mass is 290 g/mol. The van der Waals surface area contributed by atoms with Gasteiger partial charge in [-0.1, -0.05) is 6.58 Å². The summed E-state index contributed by atoms with van der Waals surface area (Å²) in [6.45, 7) is 6.67. The second-order valence-corrected chi connectivity index (χ2v) is 6.14. The largest absolute Gasteiger partial charge is 0.391 e. The van der Waals surface area contributed by atoms with E-state index in [2.05, 4.69) is 21.9 Å². The molecule has 3 rings (SSSR count). The van der Waals surface area contributed by atoms with Crippen molar-refractivity contribution in [1.29, 1.82) is 0 Å². The summed E-state index contributed by atoms with van der Waals surface area (Å²) in [7, 11) is 0. The van der Waals surface area contributed by atoms with Gasteiger partial charge in [0.05, 0.1) is 17.7 Å². The molecule has 2 fully saturated rings. The van der Waals surface area contributed by atoms with Crippen LogP contribution in [-0.2, 0) is 11.3 Å². The smallest absolute Gasteiger partial charge is 0.226 e. The van der Waals surface area contributed by atoms with Crippen molar-refractivity contribution in [2.75, 3.05) is 19.6 Å². The fourth-order valence-corrected chi connectivity index (χ4v) is 3.40. The number of likely N-dealkylation sites (tertiary alicyclic amines) is 1. The average molecular weight is 290 g/mol. The Kier molecular flexibility index (Phi) is 3.82. The SMILES string of the molecule is C=Cn1cc(CN2CCC3(CC2)CC(O)CNC3=O)cn1. The van der Waals surface area contributed by atoms with Gasteiger partial charge in [-0.15, -0.1) is 0 Å². The van der Waals surface area contributed by atoms with Gasteiger partial charge in [0.1, 0.15) is 0 Å². The van der Waals surface area contributed by atoms with Crippen molar-refractivity contribution >= 4 is 12.1 Å². The van der Waals surface area contributed by atoms with Crippen LogP contribution in [0.15, 0.2) is 19.0 Å². The lowest BCUT2D eigenvalue weighted by Crippen LogP contribution is -2.55. The Morgan fingerprint density at radius 3 is 2.95 bits per heavy atom. The van der Waals surface area contributed by atoms with Crippen molar-refractivity contribution in [3.05, 3.63) is 24.5 Å². The highest BCUT2D eigenvalue weighted by Gasteiger charge is 2.45. The maximum Gasteiger partial charge on any atom is 0.226 e. The summed E-state index contributed by atoms with van der Waals surface area (Å²) in [5, 5.41) is 16.8. The van der Waals surface area contributed by atoms with Crippen LogP contribution >= 0.6 is 0 Å². The van der Waals surface area contributed by atoms with Gasteiger partial charge in [0, 0.05) is 31.0 Å². The molecule has 2 N–H and O–H groups in total. The molecule has 2 saturated heterocycles. The summed E-state index contributed by atoms with van der Waals surface area (Å²) in [5.41, 5.74) is 0.790. The number of aromatic nitrogens is 2. The molecule has 0 aromatic carbocycles. The van der Waals surface area contributed by atoms with Crippen LogP contribution in [0.5, 0.6) is 0 Å². The minimum Gasteiger partial charge on any atom is -0.391 e. The molecule has 0 radical (unpaired) electrons. The van der Waals surface area contributed by atoms with Crippen LogP contribution in [0.2, 0.25) is 0 Å². The number of aliphatic hydroxyl groups is 1. The molecule has 6 heteroatoms. The first kappa shape index (κ1) is 14.3. The van der Waals surface area contributed by atoms with Crippen LogP contribution in [0, 0.1) is 5.41 Å². The average Bonchev–Trinajstić information content (AvgIpc) is 2.93. The van der Waals surface area contributed by atoms with Gasteiger partial charge < -0.3 is 10.4 Å². The molecule has 1 amide bonds. The second kappa shape index (κ2) is 5.61. The van der Waals surface area contributed by atoms with Crippen molar-refractivity contribution in [3.8, 4) is 0 Å². The van der Waals surface area contributed by atoms with E-state index < -0.39 is 6.10 Å². The van der Waals surface area contributed by atoms with E-state index in [1.807, 2.05) is 12.4 Å². The summed E-state index contributed by atoms with van der Waals surface area (Å²) in [4.78, 5) is 14.5. The van der Waals surface area contributed by atoms with Gasteiger partial charge in [0.15, 0.2) is 0 Å². The molecule has 3 heterocycles. The van der Waals surface area contributed by atoms with Gasteiger partial charge in [0.25, 0.3) is 0 Å². The Morgan fingerprint density at radius 1 is 1.52 bits per heavy atom. The van der Waals surface area contributed by atoms with Crippen LogP contribution in [0.3, 0.4) is 0 Å². The van der Waals surface area contributed by atoms with Crippen LogP contribution in [-0.4, -0.2) is 51.4 Å². The van der Waals surface area contributed by atoms with Crippen molar-refractivity contribution < 1.29 is 9.90 Å². The molecular formula is C15H22N4O2. The lowest BCUT2D eigenvalue weighted by atomic mass is 9.71. The predicted molar refractivity (Wildman–Crippen MR) is 79.2 cm³/mol. The first-order valence-electron chi connectivity index (χ1n) is 7.46. The number of β-amino-alcohol motifs (C(OH)–C–C–N with tert-alkyl or cyclic N) is 1. The normalized spacial score (nSPS) is 25.8. The van der Waals surface area contributed by atoms with Crippen LogP contribution < -0.4 is 5.32 Å². The molecule has 1 unspecified atom stereocenters. The predicted octanol–water partition coefficient (Wildman–Crippen LogP) is 0.447. The molecule has 0 aliphatic carbocycles. The van der Waals surface area contributed by atoms with E-state index in [-0.39, 0.29) is 11.3 Å². The standard InChI is InChI=1S/C15H22N4O2/c1-2-19-11-12(8-17-19)10-18-5-3-15(4-6-18)7-13(20)9-16-14(15)21/h2,8,11,13,20H,1,3-7,9-10H2,(H,16,21). The first-order valence-corrected chi connectivity index (χ1v) is 7.46. The fourth-order valence-electron chi connectivity index (χ4n) is 3.40. The lowest BCUT2D eigenvalue weighted by Gasteiger charge is -2.44. The van der Waals surface area contributed by atoms with Crippen LogP contribution in [0.25, 0.3) is 6.20 Å². The molecule has 114 valence electrons. The van der Waals surface area contributed by atoms with Crippen molar-refractivity contribution in [1.82, 2.24) is 20.0 Å². The Bertz CT molecular complexity index is 532. The van der Waals surface area contributed by atoms with E-state index in [1.165, 1.54) is 0 Å². The van der Waals surface area contributed by atoms with Gasteiger partial charge in [-0.25, -0.2) is 4.68 Å². The molecule has 1 aromatic rings. The second-order valence-electron chi connectivity index (χ2n) is 6.14. The summed E-state index contributed by atoms with van der Waals surface area (Å²) >= 11 is 0. The molecule has 21 heavy (non-hydrogen) atoms. The highest BCUT2D eigenvalue weighted by atomic mass is 16.3. The quantitative estimate of drug-likeness (QED) is 0.848. The molecule has 0 bridgehead atoms. The lowest BCUT2D eigenvalue weighted by molar-refractivity contribution is -0.141. The number of carbonyl (C=O) groups is 1. The Hall–Kier alpha value is -1.66. The van der Waals surface area contributed by atoms with Crippen LogP contribution in [0.4, 0.5) is 0 Å². The van der Waals surface area contributed by atoms with Gasteiger partial charge in [-0.3, -0.25) is 9.69 Å². The summed E-state index contributed by atoms with van der Waals surface area (Å²) in [5.74, 6) is 0.118. The molecule has 1 spiro atoms. The molecule has 2 aliphatic heterocycles. The van der Waals surface area contributed by atoms with Gasteiger partial charge in [-0.05, 0) is 32.4 Å². The van der Waals surface area contributed by atoms with Crippen molar-refractivity contribution in [3.63, 3.8) is 0 Å². The van der Waals surface area contributed by atoms with E-state index in [0.717, 1.165) is 38.0 Å². The van der Waals surface area contributed by atoms with E-state index in [9.17, 15) is 9.90 Å². The van der Waals surface area contributed by atoms with Crippen molar-refractivity contribution in [2.24, 2.45) is 5.41 Å². The van der Waals surface area contributed by atoms with Crippen LogP contribution in [0.1, 0.15) is 24.8 Å². The zero-order valence-electron chi connectivity index (χ0n) is 12.2. The summed E-state index contributed by atoms with van der Waals surface area (Å²) in [6.07, 6.45) is 7.30. The minimum absolute atomic E-state index is 0.118. The third-order valence-electron chi connectivity index (χ3n) is 4.67. The number of nitrogens with zero attached hydrogens (tertiary/aromatic N) is 3. The highest BCUT2D eigenvalue weighted by molar-refractivity contribution is 5.83. The number of aliphatic hydroxyl groups excluding tert-OH is 1. The topological polar surface area (TPSA) is 70.4 Å². The molecular weight excluding hydrogens is 268 g/mol. The zero-order valence-corrected chi connectivity index (χ0v) is 12.2. The summed E-state index contributed by atoms with van der Waals surface area (Å²) in [6, 6.07) is 0. The molecule has 6 nitrogen and oxygen atoms in total. The minimum atomic E-state index is -0.403. The van der Waals surface area contributed by atoms with Gasteiger partial charge >= 0.3 is 0 Å². The number of hydrogen-bond donors (Lipinski definition) is 2. The number of amides is 1. The Balaban J connectivity index is 1.59. The molecule has 1 atom stereocenters. The number of rotatable bonds is 3. The fraction of sp³-hybridized carbons (Fsp3) is 0.600. The third-order valence-corrected chi connectivity index (χ3v) is 4.67. The molecule has 2 aliphatic rings. The molecule has 1 aromatic heterocycles. The zero-order chi connectivity index (χ0) is 14.9. The number of nitrogens with one attached hydrogen (secondary N) is 1.